The van der Waals surface area contributed by atoms with E-state index in [1.165, 1.54) is 0 Å². The van der Waals surface area contributed by atoms with Crippen LogP contribution in [0.25, 0.3) is 0 Å². The summed E-state index contributed by atoms with van der Waals surface area (Å²) in [5, 5.41) is 3.00. The Bertz CT molecular complexity index is 644. The lowest BCUT2D eigenvalue weighted by molar-refractivity contribution is 0.0984. The summed E-state index contributed by atoms with van der Waals surface area (Å²) in [6.07, 6.45) is 0.449. The molecule has 0 aliphatic carbocycles. The Balaban J connectivity index is 2.44. The van der Waals surface area contributed by atoms with Gasteiger partial charge in [-0.3, -0.25) is 15.2 Å². The van der Waals surface area contributed by atoms with Gasteiger partial charge in [0, 0.05) is 10.9 Å². The molecule has 0 fully saturated rings. The first kappa shape index (κ1) is 15.6. The Labute approximate surface area is 124 Å². The van der Waals surface area contributed by atoms with Crippen LogP contribution < -0.4 is 16.3 Å². The van der Waals surface area contributed by atoms with Gasteiger partial charge in [0.25, 0.3) is 0 Å². The number of benzene rings is 2. The standard InChI is InChI=1S/C16H19N2O2P/c1-2-15(16(19)13-9-5-3-6-10-13)21(20,18-17)14-11-7-4-8-12-14/h3-12,15H,2,17H2,1H3,(H,18,20)/t15-,21-/m1/s1. The number of nitrogens with two attached hydrogens (primary N) is 1. The van der Waals surface area contributed by atoms with Gasteiger partial charge in [-0.05, 0) is 6.42 Å². The molecule has 0 saturated carbocycles. The first-order chi connectivity index (χ1) is 10.1. The minimum absolute atomic E-state index is 0.150. The van der Waals surface area contributed by atoms with Crippen molar-refractivity contribution in [3.05, 3.63) is 66.2 Å². The summed E-state index contributed by atoms with van der Waals surface area (Å²) >= 11 is 0. The predicted molar refractivity (Wildman–Crippen MR) is 85.9 cm³/mol. The number of hydrazine groups is 1. The van der Waals surface area contributed by atoms with E-state index in [9.17, 15) is 9.36 Å². The highest BCUT2D eigenvalue weighted by atomic mass is 31.2. The molecule has 0 saturated heterocycles. The number of carbonyl (C=O) groups is 1. The molecule has 0 aliphatic heterocycles. The molecule has 3 N–H and O–H groups in total. The van der Waals surface area contributed by atoms with E-state index in [-0.39, 0.29) is 5.78 Å². The second kappa shape index (κ2) is 6.81. The second-order valence-electron chi connectivity index (χ2n) is 4.78. The normalized spacial score (nSPS) is 15.1. The predicted octanol–water partition coefficient (Wildman–Crippen LogP) is 2.71. The van der Waals surface area contributed by atoms with Crippen LogP contribution >= 0.6 is 7.29 Å². The molecule has 0 unspecified atom stereocenters. The smallest absolute Gasteiger partial charge is 0.199 e. The molecule has 0 heterocycles. The highest BCUT2D eigenvalue weighted by Gasteiger charge is 2.38. The van der Waals surface area contributed by atoms with Crippen LogP contribution in [0, 0.1) is 0 Å². The molecule has 2 aromatic rings. The third-order valence-electron chi connectivity index (χ3n) is 3.52. The molecule has 0 bridgehead atoms. The molecular weight excluding hydrogens is 283 g/mol. The van der Waals surface area contributed by atoms with E-state index in [4.69, 9.17) is 5.84 Å². The number of rotatable bonds is 6. The fourth-order valence-corrected chi connectivity index (χ4v) is 4.69. The maximum absolute atomic E-state index is 13.3. The van der Waals surface area contributed by atoms with Crippen LogP contribution in [-0.2, 0) is 4.57 Å². The van der Waals surface area contributed by atoms with E-state index in [2.05, 4.69) is 5.20 Å². The third-order valence-corrected chi connectivity index (χ3v) is 6.44. The first-order valence-electron chi connectivity index (χ1n) is 6.86. The van der Waals surface area contributed by atoms with Gasteiger partial charge in [-0.25, -0.2) is 5.20 Å². The molecule has 0 spiro atoms. The Morgan fingerprint density at radius 2 is 1.62 bits per heavy atom. The fraction of sp³-hybridized carbons (Fsp3) is 0.188. The molecule has 0 aromatic heterocycles. The number of nitrogens with one attached hydrogen (secondary N) is 1. The van der Waals surface area contributed by atoms with Crippen molar-refractivity contribution >= 4 is 18.4 Å². The molecule has 5 heteroatoms. The van der Waals surface area contributed by atoms with Gasteiger partial charge in [0.05, 0.1) is 5.66 Å². The molecule has 2 rings (SSSR count). The quantitative estimate of drug-likeness (QED) is 0.372. The molecule has 110 valence electrons. The zero-order chi connectivity index (χ0) is 15.3. The van der Waals surface area contributed by atoms with Crippen molar-refractivity contribution in [2.45, 2.75) is 19.0 Å². The number of hydrogen-bond acceptors (Lipinski definition) is 3. The SMILES string of the molecule is CC[C@H](C(=O)c1ccccc1)[P@@](=O)(NN)c1ccccc1. The van der Waals surface area contributed by atoms with E-state index in [1.54, 1.807) is 48.5 Å². The van der Waals surface area contributed by atoms with Crippen molar-refractivity contribution in [1.29, 1.82) is 0 Å². The molecule has 2 aromatic carbocycles. The van der Waals surface area contributed by atoms with Gasteiger partial charge in [-0.2, -0.15) is 0 Å². The van der Waals surface area contributed by atoms with Gasteiger partial charge in [0.15, 0.2) is 13.1 Å². The molecule has 0 radical (unpaired) electrons. The minimum Gasteiger partial charge on any atom is -0.300 e. The van der Waals surface area contributed by atoms with Gasteiger partial charge in [0.2, 0.25) is 0 Å². The van der Waals surface area contributed by atoms with Crippen LogP contribution in [0.1, 0.15) is 23.7 Å². The van der Waals surface area contributed by atoms with Crippen LogP contribution in [0.5, 0.6) is 0 Å². The molecule has 4 nitrogen and oxygen atoms in total. The lowest BCUT2D eigenvalue weighted by Gasteiger charge is -2.25. The van der Waals surface area contributed by atoms with Crippen molar-refractivity contribution in [2.24, 2.45) is 5.84 Å². The van der Waals surface area contributed by atoms with Crippen LogP contribution in [0.2, 0.25) is 0 Å². The highest BCUT2D eigenvalue weighted by molar-refractivity contribution is 7.71. The van der Waals surface area contributed by atoms with Crippen molar-refractivity contribution in [3.63, 3.8) is 0 Å². The van der Waals surface area contributed by atoms with Crippen LogP contribution in [0.15, 0.2) is 60.7 Å². The maximum Gasteiger partial charge on any atom is 0.199 e. The average molecular weight is 302 g/mol. The summed E-state index contributed by atoms with van der Waals surface area (Å²) in [5.41, 5.74) is -0.122. The highest BCUT2D eigenvalue weighted by Crippen LogP contribution is 2.47. The minimum atomic E-state index is -3.21. The summed E-state index contributed by atoms with van der Waals surface area (Å²) in [6, 6.07) is 17.8. The summed E-state index contributed by atoms with van der Waals surface area (Å²) in [5.74, 6) is 5.42. The van der Waals surface area contributed by atoms with Gasteiger partial charge in [0.1, 0.15) is 0 Å². The molecule has 21 heavy (non-hydrogen) atoms. The van der Waals surface area contributed by atoms with Crippen LogP contribution in [0.3, 0.4) is 0 Å². The topological polar surface area (TPSA) is 72.2 Å². The summed E-state index contributed by atoms with van der Waals surface area (Å²) in [4.78, 5) is 12.7. The Morgan fingerprint density at radius 3 is 2.10 bits per heavy atom. The van der Waals surface area contributed by atoms with Crippen LogP contribution in [-0.4, -0.2) is 11.4 Å². The lowest BCUT2D eigenvalue weighted by Crippen LogP contribution is -2.36. The number of ketones is 1. The summed E-state index contributed by atoms with van der Waals surface area (Å²) in [6.45, 7) is 1.85. The average Bonchev–Trinajstić information content (AvgIpc) is 2.56. The van der Waals surface area contributed by atoms with Gasteiger partial charge in [-0.1, -0.05) is 67.6 Å². The van der Waals surface area contributed by atoms with Crippen molar-refractivity contribution < 1.29 is 9.36 Å². The molecular formula is C16H19N2O2P. The van der Waals surface area contributed by atoms with Crippen molar-refractivity contribution in [1.82, 2.24) is 5.20 Å². The van der Waals surface area contributed by atoms with Gasteiger partial charge < -0.3 is 0 Å². The largest absolute Gasteiger partial charge is 0.300 e. The molecule has 0 amide bonds. The Kier molecular flexibility index (Phi) is 5.07. The lowest BCUT2D eigenvalue weighted by atomic mass is 10.1. The Hall–Kier alpha value is -1.74. The summed E-state index contributed by atoms with van der Waals surface area (Å²) in [7, 11) is -3.21. The number of Topliss-reactive ketones (excluding diaryl/α,β-unsaturated/α-hetero) is 1. The van der Waals surface area contributed by atoms with E-state index in [0.29, 0.717) is 17.3 Å². The van der Waals surface area contributed by atoms with Crippen molar-refractivity contribution in [3.8, 4) is 0 Å². The van der Waals surface area contributed by atoms with E-state index < -0.39 is 13.0 Å². The van der Waals surface area contributed by atoms with Gasteiger partial charge >= 0.3 is 0 Å². The zero-order valence-corrected chi connectivity index (χ0v) is 12.8. The monoisotopic (exact) mass is 302 g/mol. The molecule has 2 atom stereocenters. The fourth-order valence-electron chi connectivity index (χ4n) is 2.40. The van der Waals surface area contributed by atoms with Crippen molar-refractivity contribution in [2.75, 3.05) is 0 Å². The van der Waals surface area contributed by atoms with E-state index in [0.717, 1.165) is 0 Å². The maximum atomic E-state index is 13.3. The van der Waals surface area contributed by atoms with E-state index in [1.807, 2.05) is 19.1 Å². The zero-order valence-electron chi connectivity index (χ0n) is 11.9. The summed E-state index contributed by atoms with van der Waals surface area (Å²) < 4.78 is 13.3. The van der Waals surface area contributed by atoms with Gasteiger partial charge in [-0.15, -0.1) is 0 Å². The second-order valence-corrected chi connectivity index (χ2v) is 7.49. The first-order valence-corrected chi connectivity index (χ1v) is 8.63. The van der Waals surface area contributed by atoms with E-state index >= 15 is 0 Å². The Morgan fingerprint density at radius 1 is 1.10 bits per heavy atom. The number of hydrogen-bond donors (Lipinski definition) is 2. The van der Waals surface area contributed by atoms with Crippen LogP contribution in [0.4, 0.5) is 0 Å². The molecule has 0 aliphatic rings. The number of carbonyl (C=O) groups excluding carboxylic acids is 1. The third kappa shape index (κ3) is 3.13.